The number of rotatable bonds is 4. The van der Waals surface area contributed by atoms with Crippen LogP contribution in [0.15, 0.2) is 18.2 Å². The Morgan fingerprint density at radius 1 is 1.06 bits per heavy atom. The summed E-state index contributed by atoms with van der Waals surface area (Å²) in [6.45, 7) is 2.49. The number of hydrogen-bond acceptors (Lipinski definition) is 1. The van der Waals surface area contributed by atoms with Gasteiger partial charge >= 0.3 is 6.18 Å². The Balaban J connectivity index is 3.09. The minimum atomic E-state index is -4.26. The van der Waals surface area contributed by atoms with Gasteiger partial charge in [-0.05, 0) is 43.8 Å². The number of nitrogens with zero attached hydrogens (tertiary/aromatic N) is 1. The highest BCUT2D eigenvalue weighted by Crippen LogP contribution is 2.31. The van der Waals surface area contributed by atoms with Crippen LogP contribution in [0.25, 0.3) is 0 Å². The van der Waals surface area contributed by atoms with E-state index in [0.29, 0.717) is 18.5 Å². The second-order valence-corrected chi connectivity index (χ2v) is 4.52. The largest absolute Gasteiger partial charge is 0.416 e. The number of alkyl halides is 3. The number of benzene rings is 1. The lowest BCUT2D eigenvalue weighted by Gasteiger charge is -2.14. The summed E-state index contributed by atoms with van der Waals surface area (Å²) in [5.41, 5.74) is 0.938. The van der Waals surface area contributed by atoms with E-state index in [1.165, 1.54) is 12.1 Å². The quantitative estimate of drug-likeness (QED) is 0.781. The fourth-order valence-corrected chi connectivity index (χ4v) is 1.82. The molecule has 0 radical (unpaired) electrons. The highest BCUT2D eigenvalue weighted by molar-refractivity contribution is 5.32. The summed E-state index contributed by atoms with van der Waals surface area (Å²) in [7, 11) is 3.69. The smallest absolute Gasteiger partial charge is 0.305 e. The van der Waals surface area contributed by atoms with Crippen molar-refractivity contribution in [2.24, 2.45) is 0 Å². The van der Waals surface area contributed by atoms with E-state index in [9.17, 15) is 13.2 Å². The molecule has 0 amide bonds. The predicted octanol–water partition coefficient (Wildman–Crippen LogP) is 3.72. The van der Waals surface area contributed by atoms with E-state index in [1.807, 2.05) is 32.0 Å². The van der Waals surface area contributed by atoms with E-state index in [1.54, 1.807) is 0 Å². The van der Waals surface area contributed by atoms with Crippen LogP contribution >= 0.6 is 0 Å². The first-order valence-corrected chi connectivity index (χ1v) is 5.67. The maximum atomic E-state index is 12.7. The molecule has 1 aromatic carbocycles. The van der Waals surface area contributed by atoms with Crippen LogP contribution in [0.1, 0.15) is 30.0 Å². The third kappa shape index (κ3) is 4.38. The third-order valence-corrected chi connectivity index (χ3v) is 2.42. The van der Waals surface area contributed by atoms with E-state index in [4.69, 9.17) is 0 Å². The Morgan fingerprint density at radius 2 is 1.65 bits per heavy atom. The van der Waals surface area contributed by atoms with Crippen LogP contribution in [0, 0.1) is 0 Å². The number of hydrogen-bond donors (Lipinski definition) is 0. The molecule has 0 aliphatic rings. The molecule has 0 bridgehead atoms. The summed E-state index contributed by atoms with van der Waals surface area (Å²) in [5, 5.41) is 0. The maximum absolute atomic E-state index is 12.7. The summed E-state index contributed by atoms with van der Waals surface area (Å²) in [5.74, 6) is 0. The second kappa shape index (κ2) is 5.54. The normalized spacial score (nSPS) is 12.2. The van der Waals surface area contributed by atoms with Crippen molar-refractivity contribution in [3.63, 3.8) is 0 Å². The first-order chi connectivity index (χ1) is 7.82. The molecule has 0 spiro atoms. The van der Waals surface area contributed by atoms with Crippen molar-refractivity contribution in [1.82, 2.24) is 4.90 Å². The first-order valence-electron chi connectivity index (χ1n) is 5.67. The van der Waals surface area contributed by atoms with Crippen LogP contribution in [0.2, 0.25) is 0 Å². The van der Waals surface area contributed by atoms with Crippen molar-refractivity contribution in [1.29, 1.82) is 0 Å². The van der Waals surface area contributed by atoms with Gasteiger partial charge in [-0.15, -0.1) is 0 Å². The number of aryl methyl sites for hydroxylation is 1. The van der Waals surface area contributed by atoms with Crippen LogP contribution in [-0.4, -0.2) is 19.0 Å². The van der Waals surface area contributed by atoms with E-state index >= 15 is 0 Å². The Kier molecular flexibility index (Phi) is 4.57. The average molecular weight is 245 g/mol. The zero-order valence-electron chi connectivity index (χ0n) is 10.4. The summed E-state index contributed by atoms with van der Waals surface area (Å²) < 4.78 is 38.1. The molecule has 96 valence electrons. The van der Waals surface area contributed by atoms with Crippen LogP contribution < -0.4 is 0 Å². The SMILES string of the molecule is CCCc1cc(CN(C)C)cc(C(F)(F)F)c1. The molecule has 0 atom stereocenters. The van der Waals surface area contributed by atoms with Gasteiger partial charge in [0, 0.05) is 6.54 Å². The molecule has 0 aromatic heterocycles. The number of halogens is 3. The molecule has 0 N–H and O–H groups in total. The van der Waals surface area contributed by atoms with Gasteiger partial charge in [0.15, 0.2) is 0 Å². The van der Waals surface area contributed by atoms with Gasteiger partial charge in [0.2, 0.25) is 0 Å². The third-order valence-electron chi connectivity index (χ3n) is 2.42. The van der Waals surface area contributed by atoms with Gasteiger partial charge in [-0.3, -0.25) is 0 Å². The Morgan fingerprint density at radius 3 is 2.12 bits per heavy atom. The van der Waals surface area contributed by atoms with Crippen molar-refractivity contribution >= 4 is 0 Å². The van der Waals surface area contributed by atoms with Gasteiger partial charge in [-0.1, -0.05) is 19.4 Å². The Bertz CT molecular complexity index is 369. The Labute approximate surface area is 100 Å². The lowest BCUT2D eigenvalue weighted by Crippen LogP contribution is -2.13. The van der Waals surface area contributed by atoms with Gasteiger partial charge < -0.3 is 4.90 Å². The van der Waals surface area contributed by atoms with E-state index in [2.05, 4.69) is 0 Å². The highest BCUT2D eigenvalue weighted by Gasteiger charge is 2.31. The molecule has 1 nitrogen and oxygen atoms in total. The predicted molar refractivity (Wildman–Crippen MR) is 62.8 cm³/mol. The van der Waals surface area contributed by atoms with Crippen molar-refractivity contribution in [2.75, 3.05) is 14.1 Å². The molecule has 0 aliphatic heterocycles. The van der Waals surface area contributed by atoms with Gasteiger partial charge in [0.1, 0.15) is 0 Å². The van der Waals surface area contributed by atoms with Crippen molar-refractivity contribution < 1.29 is 13.2 Å². The van der Waals surface area contributed by atoms with Gasteiger partial charge in [0.05, 0.1) is 5.56 Å². The average Bonchev–Trinajstić information content (AvgIpc) is 2.15. The summed E-state index contributed by atoms with van der Waals surface area (Å²) in [6.07, 6.45) is -2.72. The topological polar surface area (TPSA) is 3.24 Å². The molecule has 0 aliphatic carbocycles. The lowest BCUT2D eigenvalue weighted by molar-refractivity contribution is -0.137. The van der Waals surface area contributed by atoms with E-state index in [0.717, 1.165) is 12.0 Å². The molecule has 0 unspecified atom stereocenters. The standard InChI is InChI=1S/C13H18F3N/c1-4-5-10-6-11(9-17(2)3)8-12(7-10)13(14,15)16/h6-8H,4-5,9H2,1-3H3. The molecular formula is C13H18F3N. The van der Waals surface area contributed by atoms with Crippen LogP contribution in [-0.2, 0) is 19.1 Å². The summed E-state index contributed by atoms with van der Waals surface area (Å²) in [6, 6.07) is 4.35. The molecule has 1 rings (SSSR count). The van der Waals surface area contributed by atoms with Crippen LogP contribution in [0.5, 0.6) is 0 Å². The molecule has 0 saturated heterocycles. The van der Waals surface area contributed by atoms with Crippen molar-refractivity contribution in [2.45, 2.75) is 32.5 Å². The molecule has 0 saturated carbocycles. The zero-order chi connectivity index (χ0) is 13.1. The lowest BCUT2D eigenvalue weighted by atomic mass is 10.0. The van der Waals surface area contributed by atoms with Gasteiger partial charge in [0.25, 0.3) is 0 Å². The van der Waals surface area contributed by atoms with Gasteiger partial charge in [-0.2, -0.15) is 13.2 Å². The fourth-order valence-electron chi connectivity index (χ4n) is 1.82. The molecule has 0 fully saturated rings. The zero-order valence-corrected chi connectivity index (χ0v) is 10.4. The van der Waals surface area contributed by atoms with Crippen LogP contribution in [0.4, 0.5) is 13.2 Å². The first kappa shape index (κ1) is 14.0. The van der Waals surface area contributed by atoms with Crippen molar-refractivity contribution in [3.8, 4) is 0 Å². The highest BCUT2D eigenvalue weighted by atomic mass is 19.4. The minimum Gasteiger partial charge on any atom is -0.305 e. The van der Waals surface area contributed by atoms with E-state index in [-0.39, 0.29) is 0 Å². The Hall–Kier alpha value is -1.03. The second-order valence-electron chi connectivity index (χ2n) is 4.52. The van der Waals surface area contributed by atoms with Crippen molar-refractivity contribution in [3.05, 3.63) is 34.9 Å². The molecule has 4 heteroatoms. The molecular weight excluding hydrogens is 227 g/mol. The molecule has 0 heterocycles. The summed E-state index contributed by atoms with van der Waals surface area (Å²) in [4.78, 5) is 1.87. The van der Waals surface area contributed by atoms with E-state index < -0.39 is 11.7 Å². The fraction of sp³-hybridized carbons (Fsp3) is 0.538. The summed E-state index contributed by atoms with van der Waals surface area (Å²) >= 11 is 0. The molecule has 17 heavy (non-hydrogen) atoms. The monoisotopic (exact) mass is 245 g/mol. The maximum Gasteiger partial charge on any atom is 0.416 e. The minimum absolute atomic E-state index is 0.528. The molecule has 1 aromatic rings. The van der Waals surface area contributed by atoms with Crippen LogP contribution in [0.3, 0.4) is 0 Å². The van der Waals surface area contributed by atoms with Gasteiger partial charge in [-0.25, -0.2) is 0 Å².